The van der Waals surface area contributed by atoms with Crippen molar-refractivity contribution in [3.63, 3.8) is 0 Å². The predicted octanol–water partition coefficient (Wildman–Crippen LogP) is 1.44. The number of nitrogens with two attached hydrogens (primary N) is 1. The molecule has 1 heterocycles. The standard InChI is InChI=1S/C13H28N2O2/c1-10-6-7-11(2)15(8-10)13(3,9-14)12(16-4)17-5/h10-12H,6-9,14H2,1-5H3. The fraction of sp³-hybridized carbons (Fsp3) is 1.00. The first-order valence-corrected chi connectivity index (χ1v) is 6.52. The molecular formula is C13H28N2O2. The van der Waals surface area contributed by atoms with Crippen molar-refractivity contribution in [1.29, 1.82) is 0 Å². The molecule has 3 atom stereocenters. The summed E-state index contributed by atoms with van der Waals surface area (Å²) in [6, 6.07) is 0.535. The predicted molar refractivity (Wildman–Crippen MR) is 69.8 cm³/mol. The van der Waals surface area contributed by atoms with Crippen LogP contribution in [-0.2, 0) is 9.47 Å². The summed E-state index contributed by atoms with van der Waals surface area (Å²) in [5, 5.41) is 0. The third kappa shape index (κ3) is 2.99. The maximum Gasteiger partial charge on any atom is 0.176 e. The summed E-state index contributed by atoms with van der Waals surface area (Å²) in [6.07, 6.45) is 2.24. The van der Waals surface area contributed by atoms with Crippen LogP contribution in [0.15, 0.2) is 0 Å². The van der Waals surface area contributed by atoms with Crippen LogP contribution in [0.2, 0.25) is 0 Å². The number of ether oxygens (including phenoxy) is 2. The van der Waals surface area contributed by atoms with Gasteiger partial charge < -0.3 is 15.2 Å². The van der Waals surface area contributed by atoms with Gasteiger partial charge in [0.25, 0.3) is 0 Å². The van der Waals surface area contributed by atoms with E-state index in [-0.39, 0.29) is 11.8 Å². The van der Waals surface area contributed by atoms with E-state index in [0.717, 1.165) is 6.54 Å². The van der Waals surface area contributed by atoms with Crippen molar-refractivity contribution in [3.8, 4) is 0 Å². The number of hydrogen-bond acceptors (Lipinski definition) is 4. The molecule has 0 saturated carbocycles. The molecule has 1 aliphatic heterocycles. The van der Waals surface area contributed by atoms with Gasteiger partial charge in [0.2, 0.25) is 0 Å². The lowest BCUT2D eigenvalue weighted by molar-refractivity contribution is -0.193. The Balaban J connectivity index is 2.89. The average Bonchev–Trinajstić information content (AvgIpc) is 2.33. The molecule has 0 aliphatic carbocycles. The van der Waals surface area contributed by atoms with Crippen LogP contribution in [0.4, 0.5) is 0 Å². The van der Waals surface area contributed by atoms with Gasteiger partial charge in [0, 0.05) is 33.4 Å². The van der Waals surface area contributed by atoms with Crippen LogP contribution in [0.1, 0.15) is 33.6 Å². The van der Waals surface area contributed by atoms with Gasteiger partial charge in [-0.15, -0.1) is 0 Å². The lowest BCUT2D eigenvalue weighted by atomic mass is 9.88. The van der Waals surface area contributed by atoms with Gasteiger partial charge in [0.05, 0.1) is 5.54 Å². The second kappa shape index (κ2) is 6.14. The molecule has 4 heteroatoms. The molecule has 0 aromatic carbocycles. The molecule has 1 rings (SSSR count). The normalized spacial score (nSPS) is 30.5. The Hall–Kier alpha value is -0.160. The van der Waals surface area contributed by atoms with Crippen molar-refractivity contribution in [2.45, 2.75) is 51.5 Å². The van der Waals surface area contributed by atoms with Crippen LogP contribution in [0, 0.1) is 5.92 Å². The summed E-state index contributed by atoms with van der Waals surface area (Å²) in [5.41, 5.74) is 5.74. The molecule has 0 spiro atoms. The van der Waals surface area contributed by atoms with Crippen molar-refractivity contribution in [1.82, 2.24) is 4.90 Å². The van der Waals surface area contributed by atoms with E-state index in [2.05, 4.69) is 25.7 Å². The number of methoxy groups -OCH3 is 2. The summed E-state index contributed by atoms with van der Waals surface area (Å²) >= 11 is 0. The molecule has 4 nitrogen and oxygen atoms in total. The van der Waals surface area contributed by atoms with Gasteiger partial charge in [0.1, 0.15) is 0 Å². The zero-order valence-electron chi connectivity index (χ0n) is 11.9. The molecule has 1 saturated heterocycles. The summed E-state index contributed by atoms with van der Waals surface area (Å²) in [5.74, 6) is 0.714. The topological polar surface area (TPSA) is 47.7 Å². The Morgan fingerprint density at radius 1 is 1.29 bits per heavy atom. The van der Waals surface area contributed by atoms with Crippen molar-refractivity contribution in [2.75, 3.05) is 27.3 Å². The highest BCUT2D eigenvalue weighted by Crippen LogP contribution is 2.31. The van der Waals surface area contributed by atoms with E-state index in [9.17, 15) is 0 Å². The molecular weight excluding hydrogens is 216 g/mol. The fourth-order valence-corrected chi connectivity index (χ4v) is 2.95. The maximum atomic E-state index is 6.00. The number of likely N-dealkylation sites (tertiary alicyclic amines) is 1. The van der Waals surface area contributed by atoms with E-state index >= 15 is 0 Å². The molecule has 0 radical (unpaired) electrons. The summed E-state index contributed by atoms with van der Waals surface area (Å²) in [7, 11) is 3.36. The zero-order valence-corrected chi connectivity index (χ0v) is 11.9. The van der Waals surface area contributed by atoms with E-state index in [4.69, 9.17) is 15.2 Å². The lowest BCUT2D eigenvalue weighted by Gasteiger charge is -2.50. The van der Waals surface area contributed by atoms with Gasteiger partial charge in [0.15, 0.2) is 6.29 Å². The highest BCUT2D eigenvalue weighted by molar-refractivity contribution is 4.95. The smallest absolute Gasteiger partial charge is 0.176 e. The second-order valence-corrected chi connectivity index (χ2v) is 5.55. The highest BCUT2D eigenvalue weighted by Gasteiger charge is 2.43. The molecule has 0 aromatic heterocycles. The van der Waals surface area contributed by atoms with Crippen molar-refractivity contribution < 1.29 is 9.47 Å². The third-order valence-corrected chi connectivity index (χ3v) is 4.12. The third-order valence-electron chi connectivity index (χ3n) is 4.12. The van der Waals surface area contributed by atoms with Gasteiger partial charge in [-0.2, -0.15) is 0 Å². The Kier molecular flexibility index (Phi) is 5.38. The van der Waals surface area contributed by atoms with E-state index < -0.39 is 0 Å². The van der Waals surface area contributed by atoms with Crippen molar-refractivity contribution >= 4 is 0 Å². The Bertz CT molecular complexity index is 233. The minimum absolute atomic E-state index is 0.252. The Morgan fingerprint density at radius 2 is 1.88 bits per heavy atom. The van der Waals surface area contributed by atoms with Crippen LogP contribution in [-0.4, -0.2) is 50.1 Å². The summed E-state index contributed by atoms with van der Waals surface area (Å²) in [6.45, 7) is 8.31. The Labute approximate surface area is 105 Å². The van der Waals surface area contributed by atoms with Crippen LogP contribution in [0.3, 0.4) is 0 Å². The van der Waals surface area contributed by atoms with E-state index in [1.807, 2.05) is 0 Å². The average molecular weight is 244 g/mol. The van der Waals surface area contributed by atoms with Crippen LogP contribution < -0.4 is 5.73 Å². The Morgan fingerprint density at radius 3 is 2.35 bits per heavy atom. The van der Waals surface area contributed by atoms with E-state index in [0.29, 0.717) is 18.5 Å². The van der Waals surface area contributed by atoms with Gasteiger partial charge >= 0.3 is 0 Å². The van der Waals surface area contributed by atoms with Crippen molar-refractivity contribution in [2.24, 2.45) is 11.7 Å². The molecule has 3 unspecified atom stereocenters. The number of piperidine rings is 1. The molecule has 0 aromatic rings. The van der Waals surface area contributed by atoms with E-state index in [1.54, 1.807) is 14.2 Å². The lowest BCUT2D eigenvalue weighted by Crippen LogP contribution is -2.64. The highest BCUT2D eigenvalue weighted by atomic mass is 16.7. The van der Waals surface area contributed by atoms with Crippen LogP contribution in [0.25, 0.3) is 0 Å². The fourth-order valence-electron chi connectivity index (χ4n) is 2.95. The number of nitrogens with zero attached hydrogens (tertiary/aromatic N) is 1. The van der Waals surface area contributed by atoms with Crippen LogP contribution >= 0.6 is 0 Å². The zero-order chi connectivity index (χ0) is 13.1. The van der Waals surface area contributed by atoms with Gasteiger partial charge in [-0.1, -0.05) is 6.92 Å². The molecule has 0 bridgehead atoms. The first-order chi connectivity index (χ1) is 7.99. The molecule has 1 fully saturated rings. The summed E-state index contributed by atoms with van der Waals surface area (Å²) < 4.78 is 10.9. The van der Waals surface area contributed by atoms with Gasteiger partial charge in [-0.3, -0.25) is 4.90 Å². The largest absolute Gasteiger partial charge is 0.354 e. The minimum Gasteiger partial charge on any atom is -0.354 e. The van der Waals surface area contributed by atoms with Crippen LogP contribution in [0.5, 0.6) is 0 Å². The summed E-state index contributed by atoms with van der Waals surface area (Å²) in [4.78, 5) is 2.46. The monoisotopic (exact) mass is 244 g/mol. The second-order valence-electron chi connectivity index (χ2n) is 5.55. The molecule has 102 valence electrons. The van der Waals surface area contributed by atoms with Crippen molar-refractivity contribution in [3.05, 3.63) is 0 Å². The molecule has 17 heavy (non-hydrogen) atoms. The van der Waals surface area contributed by atoms with Gasteiger partial charge in [-0.25, -0.2) is 0 Å². The SMILES string of the molecule is COC(OC)C(C)(CN)N1CC(C)CCC1C. The molecule has 2 N–H and O–H groups in total. The first kappa shape index (κ1) is 14.9. The first-order valence-electron chi connectivity index (χ1n) is 6.52. The quantitative estimate of drug-likeness (QED) is 0.744. The number of rotatable bonds is 5. The number of hydrogen-bond donors (Lipinski definition) is 1. The van der Waals surface area contributed by atoms with E-state index in [1.165, 1.54) is 12.8 Å². The molecule has 0 amide bonds. The minimum atomic E-state index is -0.278. The molecule has 1 aliphatic rings. The van der Waals surface area contributed by atoms with Gasteiger partial charge in [-0.05, 0) is 32.6 Å². The maximum absolute atomic E-state index is 6.00.